The summed E-state index contributed by atoms with van der Waals surface area (Å²) in [4.78, 5) is 38.9. The average Bonchev–Trinajstić information content (AvgIpc) is 2.87. The van der Waals surface area contributed by atoms with E-state index in [1.54, 1.807) is 16.8 Å². The van der Waals surface area contributed by atoms with Gasteiger partial charge in [-0.05, 0) is 56.7 Å². The number of carbonyl (C=O) groups is 3. The first-order valence-corrected chi connectivity index (χ1v) is 14.3. The van der Waals surface area contributed by atoms with Crippen molar-refractivity contribution in [3.63, 3.8) is 0 Å². The number of carboxylic acids is 3. The molecule has 5 N–H and O–H groups in total. The van der Waals surface area contributed by atoms with Crippen LogP contribution in [-0.2, 0) is 20.8 Å². The van der Waals surface area contributed by atoms with Gasteiger partial charge in [-0.2, -0.15) is 0 Å². The predicted octanol–water partition coefficient (Wildman–Crippen LogP) is 2.66. The highest BCUT2D eigenvalue weighted by Crippen LogP contribution is 2.14. The summed E-state index contributed by atoms with van der Waals surface area (Å²) in [5.41, 5.74) is 1.92. The maximum Gasteiger partial charge on any atom is 0.317 e. The molecule has 0 amide bonds. The molecule has 0 radical (unpaired) electrons. The van der Waals surface area contributed by atoms with Gasteiger partial charge in [-0.25, -0.2) is 0 Å². The topological polar surface area (TPSA) is 146 Å². The standard InChI is InChI=1S/C28H47N5O6S/c1-4-5-6-7-8-13-29-28(40)30-24-11-9-23(10-12-24)18-22(2)33(21-27(38)39)17-16-32(20-26(36)37)15-14-31(3)19-25(34)35/h9-12,22H,4-8,13-21H2,1-3H3,(H,34,35)(H,36,37)(H,38,39)(H2,29,30,40). The number of benzene rings is 1. The fraction of sp³-hybridized carbons (Fsp3) is 0.643. The van der Waals surface area contributed by atoms with Crippen LogP contribution in [0.2, 0.25) is 0 Å². The normalized spacial score (nSPS) is 12.1. The lowest BCUT2D eigenvalue weighted by Gasteiger charge is -2.31. The lowest BCUT2D eigenvalue weighted by Crippen LogP contribution is -2.46. The quantitative estimate of drug-likeness (QED) is 0.101. The first-order chi connectivity index (χ1) is 19.0. The number of carboxylic acid groups (broad SMARTS) is 3. The summed E-state index contributed by atoms with van der Waals surface area (Å²) in [5.74, 6) is -2.90. The molecule has 40 heavy (non-hydrogen) atoms. The maximum atomic E-state index is 11.6. The van der Waals surface area contributed by atoms with Crippen LogP contribution in [0.5, 0.6) is 0 Å². The molecule has 0 aromatic heterocycles. The summed E-state index contributed by atoms with van der Waals surface area (Å²) in [6.07, 6.45) is 6.63. The number of hydrogen-bond donors (Lipinski definition) is 5. The summed E-state index contributed by atoms with van der Waals surface area (Å²) in [6, 6.07) is 7.76. The number of anilines is 1. The number of nitrogens with zero attached hydrogens (tertiary/aromatic N) is 3. The Morgan fingerprint density at radius 3 is 2.05 bits per heavy atom. The van der Waals surface area contributed by atoms with Crippen molar-refractivity contribution in [3.05, 3.63) is 29.8 Å². The van der Waals surface area contributed by atoms with Crippen LogP contribution < -0.4 is 10.6 Å². The van der Waals surface area contributed by atoms with Gasteiger partial charge in [0.1, 0.15) is 0 Å². The molecule has 1 rings (SSSR count). The SMILES string of the molecule is CCCCCCCNC(=S)Nc1ccc(CC(C)N(CCN(CCN(C)CC(=O)O)CC(=O)O)CC(=O)O)cc1. The molecule has 0 aliphatic rings. The molecule has 0 spiro atoms. The Labute approximate surface area is 243 Å². The Morgan fingerprint density at radius 1 is 0.850 bits per heavy atom. The lowest BCUT2D eigenvalue weighted by atomic mass is 10.1. The van der Waals surface area contributed by atoms with Gasteiger partial charge in [-0.3, -0.25) is 29.1 Å². The van der Waals surface area contributed by atoms with E-state index in [1.165, 1.54) is 25.7 Å². The van der Waals surface area contributed by atoms with Crippen LogP contribution in [0.25, 0.3) is 0 Å². The Kier molecular flexibility index (Phi) is 17.7. The largest absolute Gasteiger partial charge is 0.480 e. The van der Waals surface area contributed by atoms with Crippen molar-refractivity contribution in [2.75, 3.05) is 64.7 Å². The fourth-order valence-electron chi connectivity index (χ4n) is 4.28. The molecule has 226 valence electrons. The van der Waals surface area contributed by atoms with Crippen molar-refractivity contribution in [1.29, 1.82) is 0 Å². The van der Waals surface area contributed by atoms with Crippen molar-refractivity contribution in [1.82, 2.24) is 20.0 Å². The third-order valence-corrected chi connectivity index (χ3v) is 6.78. The molecule has 0 bridgehead atoms. The van der Waals surface area contributed by atoms with Gasteiger partial charge in [0, 0.05) is 44.5 Å². The molecule has 0 aliphatic carbocycles. The molecule has 1 atom stereocenters. The fourth-order valence-corrected chi connectivity index (χ4v) is 4.50. The van der Waals surface area contributed by atoms with E-state index in [0.29, 0.717) is 37.7 Å². The monoisotopic (exact) mass is 581 g/mol. The molecule has 0 heterocycles. The van der Waals surface area contributed by atoms with Gasteiger partial charge in [-0.1, -0.05) is 44.7 Å². The second-order valence-electron chi connectivity index (χ2n) is 10.2. The van der Waals surface area contributed by atoms with E-state index in [0.717, 1.165) is 24.2 Å². The molecular weight excluding hydrogens is 534 g/mol. The first kappa shape index (κ1) is 35.2. The zero-order chi connectivity index (χ0) is 29.9. The highest BCUT2D eigenvalue weighted by Gasteiger charge is 2.20. The molecule has 12 heteroatoms. The van der Waals surface area contributed by atoms with Crippen molar-refractivity contribution in [3.8, 4) is 0 Å². The molecule has 0 fully saturated rings. The number of rotatable bonds is 22. The highest BCUT2D eigenvalue weighted by molar-refractivity contribution is 7.80. The summed E-state index contributed by atoms with van der Waals surface area (Å²) >= 11 is 5.39. The highest BCUT2D eigenvalue weighted by atomic mass is 32.1. The number of unbranched alkanes of at least 4 members (excludes halogenated alkanes) is 4. The molecule has 0 saturated carbocycles. The van der Waals surface area contributed by atoms with Gasteiger partial charge in [-0.15, -0.1) is 0 Å². The molecule has 0 saturated heterocycles. The van der Waals surface area contributed by atoms with Gasteiger partial charge < -0.3 is 26.0 Å². The minimum Gasteiger partial charge on any atom is -0.480 e. The van der Waals surface area contributed by atoms with E-state index in [2.05, 4.69) is 17.6 Å². The zero-order valence-corrected chi connectivity index (χ0v) is 24.9. The number of hydrogen-bond acceptors (Lipinski definition) is 7. The van der Waals surface area contributed by atoms with Crippen LogP contribution >= 0.6 is 12.2 Å². The number of nitrogens with one attached hydrogen (secondary N) is 2. The Bertz CT molecular complexity index is 917. The van der Waals surface area contributed by atoms with Gasteiger partial charge in [0.25, 0.3) is 0 Å². The van der Waals surface area contributed by atoms with E-state index in [4.69, 9.17) is 17.3 Å². The van der Waals surface area contributed by atoms with Crippen LogP contribution in [0.4, 0.5) is 5.69 Å². The van der Waals surface area contributed by atoms with Crippen molar-refractivity contribution in [2.24, 2.45) is 0 Å². The van der Waals surface area contributed by atoms with Crippen LogP contribution in [0.1, 0.15) is 51.5 Å². The molecule has 1 unspecified atom stereocenters. The van der Waals surface area contributed by atoms with Crippen molar-refractivity contribution >= 4 is 40.9 Å². The maximum absolute atomic E-state index is 11.6. The van der Waals surface area contributed by atoms with Crippen LogP contribution in [-0.4, -0.2) is 118 Å². The van der Waals surface area contributed by atoms with Crippen molar-refractivity contribution < 1.29 is 29.7 Å². The smallest absolute Gasteiger partial charge is 0.317 e. The minimum atomic E-state index is -0.992. The lowest BCUT2D eigenvalue weighted by molar-refractivity contribution is -0.140. The third kappa shape index (κ3) is 17.0. The minimum absolute atomic E-state index is 0.105. The molecule has 1 aromatic rings. The van der Waals surface area contributed by atoms with Crippen molar-refractivity contribution in [2.45, 2.75) is 58.4 Å². The van der Waals surface area contributed by atoms with E-state index in [-0.39, 0.29) is 25.7 Å². The molecular formula is C28H47N5O6S. The Morgan fingerprint density at radius 2 is 1.45 bits per heavy atom. The zero-order valence-electron chi connectivity index (χ0n) is 24.1. The average molecular weight is 582 g/mol. The number of aliphatic carboxylic acids is 3. The van der Waals surface area contributed by atoms with E-state index in [9.17, 15) is 24.6 Å². The van der Waals surface area contributed by atoms with Gasteiger partial charge >= 0.3 is 17.9 Å². The third-order valence-electron chi connectivity index (χ3n) is 6.54. The van der Waals surface area contributed by atoms with E-state index in [1.807, 2.05) is 36.1 Å². The van der Waals surface area contributed by atoms with Crippen LogP contribution in [0.15, 0.2) is 24.3 Å². The second-order valence-corrected chi connectivity index (χ2v) is 10.6. The Balaban J connectivity index is 2.64. The van der Waals surface area contributed by atoms with Gasteiger partial charge in [0.05, 0.1) is 19.6 Å². The van der Waals surface area contributed by atoms with Gasteiger partial charge in [0.15, 0.2) is 5.11 Å². The van der Waals surface area contributed by atoms with E-state index < -0.39 is 17.9 Å². The predicted molar refractivity (Wildman–Crippen MR) is 161 cm³/mol. The number of thiocarbonyl (C=S) groups is 1. The summed E-state index contributed by atoms with van der Waals surface area (Å²) < 4.78 is 0. The first-order valence-electron chi connectivity index (χ1n) is 13.9. The summed E-state index contributed by atoms with van der Waals surface area (Å²) in [7, 11) is 1.66. The van der Waals surface area contributed by atoms with E-state index >= 15 is 0 Å². The molecule has 0 aliphatic heterocycles. The Hall–Kier alpha value is -2.80. The molecule has 11 nitrogen and oxygen atoms in total. The van der Waals surface area contributed by atoms with Crippen LogP contribution in [0.3, 0.4) is 0 Å². The number of likely N-dealkylation sites (N-methyl/N-ethyl adjacent to an activating group) is 1. The summed E-state index contributed by atoms with van der Waals surface area (Å²) in [6.45, 7) is 5.92. The van der Waals surface area contributed by atoms with Crippen LogP contribution in [0, 0.1) is 0 Å². The van der Waals surface area contributed by atoms with Gasteiger partial charge in [0.2, 0.25) is 0 Å². The molecule has 1 aromatic carbocycles. The second kappa shape index (κ2) is 20.1. The summed E-state index contributed by atoms with van der Waals surface area (Å²) in [5, 5.41) is 34.7.